The van der Waals surface area contributed by atoms with Gasteiger partial charge in [-0.2, -0.15) is 0 Å². The maximum absolute atomic E-state index is 12.6. The van der Waals surface area contributed by atoms with Gasteiger partial charge in [0.25, 0.3) is 5.91 Å². The average Bonchev–Trinajstić information content (AvgIpc) is 3.46. The predicted octanol–water partition coefficient (Wildman–Crippen LogP) is 2.80. The van der Waals surface area contributed by atoms with Gasteiger partial charge >= 0.3 is 0 Å². The van der Waals surface area contributed by atoms with Crippen LogP contribution >= 0.6 is 0 Å². The van der Waals surface area contributed by atoms with Crippen molar-refractivity contribution in [1.82, 2.24) is 9.62 Å². The lowest BCUT2D eigenvalue weighted by Gasteiger charge is -2.18. The highest BCUT2D eigenvalue weighted by Crippen LogP contribution is 2.22. The van der Waals surface area contributed by atoms with Gasteiger partial charge in [-0.05, 0) is 61.7 Å². The Hall–Kier alpha value is -2.38. The molecule has 0 heterocycles. The minimum atomic E-state index is -3.50. The normalized spacial score (nSPS) is 14.0. The molecular weight excluding hydrogens is 364 g/mol. The highest BCUT2D eigenvalue weighted by molar-refractivity contribution is 7.89. The number of amides is 1. The number of ether oxygens (including phenoxy) is 1. The summed E-state index contributed by atoms with van der Waals surface area (Å²) >= 11 is 0. The second kappa shape index (κ2) is 8.10. The first-order valence-electron chi connectivity index (χ1n) is 8.98. The van der Waals surface area contributed by atoms with Crippen molar-refractivity contribution in [3.63, 3.8) is 0 Å². The average molecular weight is 388 g/mol. The van der Waals surface area contributed by atoms with Crippen LogP contribution in [0.2, 0.25) is 0 Å². The summed E-state index contributed by atoms with van der Waals surface area (Å²) in [4.78, 5) is 14.4. The van der Waals surface area contributed by atoms with E-state index >= 15 is 0 Å². The van der Waals surface area contributed by atoms with Crippen molar-refractivity contribution in [2.45, 2.75) is 37.2 Å². The number of nitrogens with one attached hydrogen (secondary N) is 1. The summed E-state index contributed by atoms with van der Waals surface area (Å²) < 4.78 is 32.4. The van der Waals surface area contributed by atoms with Crippen LogP contribution < -0.4 is 9.46 Å². The molecule has 0 aromatic heterocycles. The SMILES string of the molecule is CCOc1ccc(CN(C)C(=O)c2ccc(S(=O)(=O)NC3CC3)cc2)cc1. The van der Waals surface area contributed by atoms with Gasteiger partial charge in [0.2, 0.25) is 10.0 Å². The molecule has 1 fully saturated rings. The Morgan fingerprint density at radius 2 is 1.74 bits per heavy atom. The summed E-state index contributed by atoms with van der Waals surface area (Å²) in [7, 11) is -1.78. The molecule has 144 valence electrons. The van der Waals surface area contributed by atoms with Crippen LogP contribution in [0.5, 0.6) is 5.75 Å². The van der Waals surface area contributed by atoms with E-state index in [-0.39, 0.29) is 16.8 Å². The van der Waals surface area contributed by atoms with Crippen molar-refractivity contribution in [3.05, 3.63) is 59.7 Å². The number of rotatable bonds is 8. The number of sulfonamides is 1. The Balaban J connectivity index is 1.64. The monoisotopic (exact) mass is 388 g/mol. The fraction of sp³-hybridized carbons (Fsp3) is 0.350. The minimum Gasteiger partial charge on any atom is -0.494 e. The lowest BCUT2D eigenvalue weighted by atomic mass is 10.1. The van der Waals surface area contributed by atoms with Crippen LogP contribution in [0.1, 0.15) is 35.7 Å². The Morgan fingerprint density at radius 1 is 1.11 bits per heavy atom. The molecule has 1 saturated carbocycles. The maximum Gasteiger partial charge on any atom is 0.253 e. The van der Waals surface area contributed by atoms with Gasteiger partial charge in [-0.25, -0.2) is 13.1 Å². The van der Waals surface area contributed by atoms with Crippen LogP contribution in [0, 0.1) is 0 Å². The molecule has 2 aromatic rings. The van der Waals surface area contributed by atoms with Crippen LogP contribution in [0.15, 0.2) is 53.4 Å². The Kier molecular flexibility index (Phi) is 5.82. The van der Waals surface area contributed by atoms with Crippen molar-refractivity contribution >= 4 is 15.9 Å². The summed E-state index contributed by atoms with van der Waals surface area (Å²) in [5, 5.41) is 0. The van der Waals surface area contributed by atoms with E-state index in [2.05, 4.69) is 4.72 Å². The summed E-state index contributed by atoms with van der Waals surface area (Å²) in [6.07, 6.45) is 1.76. The Morgan fingerprint density at radius 3 is 2.30 bits per heavy atom. The van der Waals surface area contributed by atoms with E-state index in [9.17, 15) is 13.2 Å². The zero-order chi connectivity index (χ0) is 19.4. The van der Waals surface area contributed by atoms with Crippen LogP contribution in [0.4, 0.5) is 0 Å². The smallest absolute Gasteiger partial charge is 0.253 e. The molecule has 0 aliphatic heterocycles. The molecule has 0 saturated heterocycles. The second-order valence-corrected chi connectivity index (χ2v) is 8.37. The topological polar surface area (TPSA) is 75.7 Å². The molecular formula is C20H24N2O4S. The summed E-state index contributed by atoms with van der Waals surface area (Å²) in [5.74, 6) is 0.634. The molecule has 0 radical (unpaired) electrons. The fourth-order valence-electron chi connectivity index (χ4n) is 2.69. The molecule has 6 nitrogen and oxygen atoms in total. The molecule has 27 heavy (non-hydrogen) atoms. The number of carbonyl (C=O) groups excluding carboxylic acids is 1. The molecule has 2 aromatic carbocycles. The molecule has 7 heteroatoms. The number of nitrogens with zero attached hydrogens (tertiary/aromatic N) is 1. The Labute approximate surface area is 160 Å². The van der Waals surface area contributed by atoms with E-state index in [0.717, 1.165) is 24.2 Å². The number of carbonyl (C=O) groups is 1. The number of hydrogen-bond donors (Lipinski definition) is 1. The third-order valence-electron chi connectivity index (χ3n) is 4.31. The zero-order valence-electron chi connectivity index (χ0n) is 15.5. The van der Waals surface area contributed by atoms with E-state index in [1.54, 1.807) is 24.1 Å². The van der Waals surface area contributed by atoms with Crippen molar-refractivity contribution < 1.29 is 17.9 Å². The summed E-state index contributed by atoms with van der Waals surface area (Å²) in [6, 6.07) is 13.7. The molecule has 3 rings (SSSR count). The summed E-state index contributed by atoms with van der Waals surface area (Å²) in [6.45, 7) is 2.99. The van der Waals surface area contributed by atoms with Gasteiger partial charge in [-0.3, -0.25) is 4.79 Å². The van der Waals surface area contributed by atoms with Gasteiger partial charge in [0.05, 0.1) is 11.5 Å². The molecule has 1 aliphatic carbocycles. The van der Waals surface area contributed by atoms with Gasteiger partial charge in [0.1, 0.15) is 5.75 Å². The molecule has 1 amide bonds. The number of hydrogen-bond acceptors (Lipinski definition) is 4. The van der Waals surface area contributed by atoms with E-state index in [1.807, 2.05) is 31.2 Å². The van der Waals surface area contributed by atoms with Crippen molar-refractivity contribution in [2.24, 2.45) is 0 Å². The lowest BCUT2D eigenvalue weighted by molar-refractivity contribution is 0.0785. The first kappa shape index (κ1) is 19.4. The van der Waals surface area contributed by atoms with Crippen molar-refractivity contribution in [1.29, 1.82) is 0 Å². The van der Waals surface area contributed by atoms with Gasteiger partial charge in [0, 0.05) is 25.2 Å². The standard InChI is InChI=1S/C20H24N2O4S/c1-3-26-18-10-4-15(5-11-18)14-22(2)20(23)16-6-12-19(13-7-16)27(24,25)21-17-8-9-17/h4-7,10-13,17,21H,3,8-9,14H2,1-2H3. The van der Waals surface area contributed by atoms with Crippen molar-refractivity contribution in [3.8, 4) is 5.75 Å². The second-order valence-electron chi connectivity index (χ2n) is 6.66. The molecule has 1 N–H and O–H groups in total. The van der Waals surface area contributed by atoms with E-state index in [1.165, 1.54) is 12.1 Å². The third-order valence-corrected chi connectivity index (χ3v) is 5.85. The third kappa shape index (κ3) is 5.08. The maximum atomic E-state index is 12.6. The van der Waals surface area contributed by atoms with Crippen LogP contribution in [-0.4, -0.2) is 38.9 Å². The molecule has 1 aliphatic rings. The molecule has 0 unspecified atom stereocenters. The largest absolute Gasteiger partial charge is 0.494 e. The van der Waals surface area contributed by atoms with Gasteiger partial charge in [-0.15, -0.1) is 0 Å². The highest BCUT2D eigenvalue weighted by Gasteiger charge is 2.28. The fourth-order valence-corrected chi connectivity index (χ4v) is 3.99. The van der Waals surface area contributed by atoms with Gasteiger partial charge < -0.3 is 9.64 Å². The summed E-state index contributed by atoms with van der Waals surface area (Å²) in [5.41, 5.74) is 1.44. The zero-order valence-corrected chi connectivity index (χ0v) is 16.3. The molecule has 0 spiro atoms. The minimum absolute atomic E-state index is 0.0524. The molecule has 0 atom stereocenters. The lowest BCUT2D eigenvalue weighted by Crippen LogP contribution is -2.27. The molecule has 0 bridgehead atoms. The highest BCUT2D eigenvalue weighted by atomic mass is 32.2. The quantitative estimate of drug-likeness (QED) is 0.754. The first-order valence-corrected chi connectivity index (χ1v) is 10.5. The van der Waals surface area contributed by atoms with Crippen LogP contribution in [-0.2, 0) is 16.6 Å². The van der Waals surface area contributed by atoms with E-state index in [0.29, 0.717) is 18.7 Å². The van der Waals surface area contributed by atoms with Crippen LogP contribution in [0.3, 0.4) is 0 Å². The Bertz CT molecular complexity index is 889. The van der Waals surface area contributed by atoms with Gasteiger partial charge in [0.15, 0.2) is 0 Å². The predicted molar refractivity (Wildman–Crippen MR) is 103 cm³/mol. The van der Waals surface area contributed by atoms with Gasteiger partial charge in [-0.1, -0.05) is 12.1 Å². The number of benzene rings is 2. The van der Waals surface area contributed by atoms with E-state index < -0.39 is 10.0 Å². The van der Waals surface area contributed by atoms with Crippen LogP contribution in [0.25, 0.3) is 0 Å². The first-order chi connectivity index (χ1) is 12.9. The van der Waals surface area contributed by atoms with Crippen molar-refractivity contribution in [2.75, 3.05) is 13.7 Å². The van der Waals surface area contributed by atoms with E-state index in [4.69, 9.17) is 4.74 Å².